The molecule has 0 aliphatic rings. The van der Waals surface area contributed by atoms with Crippen molar-refractivity contribution < 1.29 is 13.9 Å². The molecule has 0 radical (unpaired) electrons. The third-order valence-electron chi connectivity index (χ3n) is 4.47. The Morgan fingerprint density at radius 2 is 1.81 bits per heavy atom. The molecule has 0 atom stereocenters. The molecule has 3 aromatic carbocycles. The number of halogens is 4. The number of hydrogen-bond donors (Lipinski definition) is 1. The molecule has 0 heterocycles. The van der Waals surface area contributed by atoms with Gasteiger partial charge in [-0.05, 0) is 54.5 Å². The van der Waals surface area contributed by atoms with Crippen molar-refractivity contribution in [1.29, 1.82) is 5.26 Å². The Hall–Kier alpha value is -3.04. The van der Waals surface area contributed by atoms with Gasteiger partial charge in [0.05, 0.1) is 10.0 Å². The van der Waals surface area contributed by atoms with Crippen molar-refractivity contribution in [3.8, 4) is 11.8 Å². The van der Waals surface area contributed by atoms with E-state index in [1.54, 1.807) is 43.3 Å². The molecule has 3 aromatic rings. The van der Waals surface area contributed by atoms with E-state index in [-0.39, 0.29) is 28.0 Å². The molecule has 4 nitrogen and oxygen atoms in total. The third-order valence-corrected chi connectivity index (χ3v) is 5.27. The topological polar surface area (TPSA) is 62.1 Å². The first-order valence-electron chi connectivity index (χ1n) is 9.33. The van der Waals surface area contributed by atoms with E-state index in [1.165, 1.54) is 24.3 Å². The maximum atomic E-state index is 13.8. The van der Waals surface area contributed by atoms with Crippen LogP contribution >= 0.6 is 34.8 Å². The molecule has 0 fully saturated rings. The maximum absolute atomic E-state index is 13.8. The van der Waals surface area contributed by atoms with Crippen LogP contribution < -0.4 is 10.1 Å². The minimum Gasteiger partial charge on any atom is -0.486 e. The van der Waals surface area contributed by atoms with Gasteiger partial charge in [0.15, 0.2) is 5.75 Å². The van der Waals surface area contributed by atoms with E-state index in [2.05, 4.69) is 5.32 Å². The Morgan fingerprint density at radius 3 is 2.47 bits per heavy atom. The molecule has 0 saturated carbocycles. The molecule has 1 N–H and O–H groups in total. The normalized spacial score (nSPS) is 11.1. The van der Waals surface area contributed by atoms with Crippen LogP contribution in [0.25, 0.3) is 6.08 Å². The van der Waals surface area contributed by atoms with Gasteiger partial charge in [0, 0.05) is 16.3 Å². The number of rotatable bonds is 6. The third kappa shape index (κ3) is 5.80. The van der Waals surface area contributed by atoms with Crippen LogP contribution in [0.4, 0.5) is 10.1 Å². The zero-order valence-corrected chi connectivity index (χ0v) is 19.0. The molecule has 0 saturated heterocycles. The standard InChI is InChI=1S/C24H16Cl3FN2O2/c1-14-6-7-18(25)11-22(14)30-24(31)17(12-29)8-15-9-19(26)23(20(27)10-15)32-13-16-4-2-3-5-21(16)28/h2-11H,13H2,1H3,(H,30,31)/b17-8+. The van der Waals surface area contributed by atoms with Crippen molar-refractivity contribution >= 4 is 52.5 Å². The Balaban J connectivity index is 1.80. The summed E-state index contributed by atoms with van der Waals surface area (Å²) in [7, 11) is 0. The highest BCUT2D eigenvalue weighted by Crippen LogP contribution is 2.35. The minimum absolute atomic E-state index is 0.0634. The summed E-state index contributed by atoms with van der Waals surface area (Å²) in [5.41, 5.74) is 1.91. The number of nitrogens with one attached hydrogen (secondary N) is 1. The Kier molecular flexibility index (Phi) is 7.76. The average molecular weight is 490 g/mol. The van der Waals surface area contributed by atoms with E-state index in [9.17, 15) is 14.4 Å². The van der Waals surface area contributed by atoms with E-state index in [4.69, 9.17) is 39.5 Å². The average Bonchev–Trinajstić information content (AvgIpc) is 2.75. The molecule has 0 unspecified atom stereocenters. The Bertz CT molecular complexity index is 1230. The number of amides is 1. The van der Waals surface area contributed by atoms with Crippen LogP contribution in [-0.2, 0) is 11.4 Å². The Labute approximate surface area is 199 Å². The highest BCUT2D eigenvalue weighted by Gasteiger charge is 2.14. The zero-order chi connectivity index (χ0) is 23.3. The van der Waals surface area contributed by atoms with Crippen molar-refractivity contribution in [2.45, 2.75) is 13.5 Å². The largest absolute Gasteiger partial charge is 0.486 e. The number of benzene rings is 3. The highest BCUT2D eigenvalue weighted by atomic mass is 35.5. The summed E-state index contributed by atoms with van der Waals surface area (Å²) in [6.45, 7) is 1.74. The number of ether oxygens (including phenoxy) is 1. The van der Waals surface area contributed by atoms with Crippen LogP contribution in [0.5, 0.6) is 5.75 Å². The summed E-state index contributed by atoms with van der Waals surface area (Å²) in [5, 5.41) is 12.9. The molecule has 3 rings (SSSR count). The fourth-order valence-corrected chi connectivity index (χ4v) is 3.59. The van der Waals surface area contributed by atoms with E-state index >= 15 is 0 Å². The van der Waals surface area contributed by atoms with Crippen LogP contribution in [-0.4, -0.2) is 5.91 Å². The summed E-state index contributed by atoms with van der Waals surface area (Å²) < 4.78 is 19.4. The number of anilines is 1. The van der Waals surface area contributed by atoms with Crippen molar-refractivity contribution in [1.82, 2.24) is 0 Å². The minimum atomic E-state index is -0.606. The van der Waals surface area contributed by atoms with E-state index < -0.39 is 11.7 Å². The van der Waals surface area contributed by atoms with Crippen molar-refractivity contribution in [2.75, 3.05) is 5.32 Å². The maximum Gasteiger partial charge on any atom is 0.266 e. The van der Waals surface area contributed by atoms with Gasteiger partial charge in [-0.25, -0.2) is 4.39 Å². The number of carbonyl (C=O) groups excluding carboxylic acids is 1. The van der Waals surface area contributed by atoms with Crippen molar-refractivity contribution in [3.63, 3.8) is 0 Å². The molecule has 162 valence electrons. The number of hydrogen-bond acceptors (Lipinski definition) is 3. The predicted molar refractivity (Wildman–Crippen MR) is 126 cm³/mol. The van der Waals surface area contributed by atoms with Gasteiger partial charge in [-0.15, -0.1) is 0 Å². The summed E-state index contributed by atoms with van der Waals surface area (Å²) in [5.74, 6) is -0.838. The summed E-state index contributed by atoms with van der Waals surface area (Å²) >= 11 is 18.5. The van der Waals surface area contributed by atoms with E-state index in [1.807, 2.05) is 6.07 Å². The molecule has 0 aliphatic carbocycles. The lowest BCUT2D eigenvalue weighted by atomic mass is 10.1. The van der Waals surface area contributed by atoms with Gasteiger partial charge in [0.2, 0.25) is 0 Å². The molecule has 32 heavy (non-hydrogen) atoms. The number of nitriles is 1. The van der Waals surface area contributed by atoms with Gasteiger partial charge in [0.1, 0.15) is 24.1 Å². The molecule has 0 aromatic heterocycles. The monoisotopic (exact) mass is 488 g/mol. The highest BCUT2D eigenvalue weighted by molar-refractivity contribution is 6.37. The van der Waals surface area contributed by atoms with Crippen LogP contribution in [0.1, 0.15) is 16.7 Å². The summed E-state index contributed by atoms with van der Waals surface area (Å²) in [6, 6.07) is 16.1. The van der Waals surface area contributed by atoms with Crippen molar-refractivity contribution in [3.05, 3.63) is 97.7 Å². The molecule has 1 amide bonds. The summed E-state index contributed by atoms with van der Waals surface area (Å²) in [4.78, 5) is 12.6. The zero-order valence-electron chi connectivity index (χ0n) is 16.8. The lowest BCUT2D eigenvalue weighted by molar-refractivity contribution is -0.112. The lowest BCUT2D eigenvalue weighted by Crippen LogP contribution is -2.14. The van der Waals surface area contributed by atoms with Crippen LogP contribution in [0.3, 0.4) is 0 Å². The van der Waals surface area contributed by atoms with Crippen LogP contribution in [0.15, 0.2) is 60.2 Å². The fraction of sp³-hybridized carbons (Fsp3) is 0.0833. The second-order valence-corrected chi connectivity index (χ2v) is 8.03. The van der Waals surface area contributed by atoms with E-state index in [0.717, 1.165) is 5.56 Å². The fourth-order valence-electron chi connectivity index (χ4n) is 2.80. The van der Waals surface area contributed by atoms with Crippen LogP contribution in [0.2, 0.25) is 15.1 Å². The van der Waals surface area contributed by atoms with Gasteiger partial charge in [-0.3, -0.25) is 4.79 Å². The quantitative estimate of drug-likeness (QED) is 0.294. The molecule has 0 aliphatic heterocycles. The molecule has 0 spiro atoms. The Morgan fingerprint density at radius 1 is 1.12 bits per heavy atom. The molecule has 8 heteroatoms. The predicted octanol–water partition coefficient (Wildman–Crippen LogP) is 7.22. The number of aryl methyl sites for hydroxylation is 1. The SMILES string of the molecule is Cc1ccc(Cl)cc1NC(=O)/C(C#N)=C/c1cc(Cl)c(OCc2ccccc2F)c(Cl)c1. The number of carbonyl (C=O) groups is 1. The smallest absolute Gasteiger partial charge is 0.266 e. The molecular weight excluding hydrogens is 474 g/mol. The molecule has 0 bridgehead atoms. The van der Waals surface area contributed by atoms with Gasteiger partial charge >= 0.3 is 0 Å². The second-order valence-electron chi connectivity index (χ2n) is 6.78. The lowest BCUT2D eigenvalue weighted by Gasteiger charge is -2.12. The summed E-state index contributed by atoms with van der Waals surface area (Å²) in [6.07, 6.45) is 1.35. The van der Waals surface area contributed by atoms with Gasteiger partial charge < -0.3 is 10.1 Å². The van der Waals surface area contributed by atoms with Crippen molar-refractivity contribution in [2.24, 2.45) is 0 Å². The first kappa shape index (κ1) is 23.6. The first-order valence-corrected chi connectivity index (χ1v) is 10.5. The first-order chi connectivity index (χ1) is 15.3. The second kappa shape index (κ2) is 10.5. The molecular formula is C24H16Cl3FN2O2. The van der Waals surface area contributed by atoms with E-state index in [0.29, 0.717) is 21.8 Å². The van der Waals surface area contributed by atoms with Crippen LogP contribution in [0, 0.1) is 24.1 Å². The van der Waals surface area contributed by atoms with Gasteiger partial charge in [-0.1, -0.05) is 59.1 Å². The van der Waals surface area contributed by atoms with Gasteiger partial charge in [-0.2, -0.15) is 5.26 Å². The van der Waals surface area contributed by atoms with Gasteiger partial charge in [0.25, 0.3) is 5.91 Å². The number of nitrogens with zero attached hydrogens (tertiary/aromatic N) is 1.